The average Bonchev–Trinajstić information content (AvgIpc) is 2.92. The lowest BCUT2D eigenvalue weighted by molar-refractivity contribution is 0.0938. The zero-order valence-corrected chi connectivity index (χ0v) is 12.0. The van der Waals surface area contributed by atoms with Crippen molar-refractivity contribution >= 4 is 23.2 Å². The Kier molecular flexibility index (Phi) is 4.69. The number of halogens is 1. The molecule has 0 bridgehead atoms. The van der Waals surface area contributed by atoms with Crippen molar-refractivity contribution < 1.29 is 9.21 Å². The highest BCUT2D eigenvalue weighted by atomic mass is 35.5. The van der Waals surface area contributed by atoms with Gasteiger partial charge < -0.3 is 15.5 Å². The van der Waals surface area contributed by atoms with E-state index in [9.17, 15) is 4.79 Å². The van der Waals surface area contributed by atoms with Crippen molar-refractivity contribution in [2.45, 2.75) is 25.8 Å². The minimum atomic E-state index is -0.214. The van der Waals surface area contributed by atoms with Gasteiger partial charge >= 0.3 is 0 Å². The van der Waals surface area contributed by atoms with Gasteiger partial charge in [0.05, 0.1) is 16.8 Å². The molecular formula is C15H17ClN2O2. The molecule has 1 unspecified atom stereocenters. The summed E-state index contributed by atoms with van der Waals surface area (Å²) in [4.78, 5) is 12.1. The normalized spacial score (nSPS) is 12.1. The summed E-state index contributed by atoms with van der Waals surface area (Å²) in [6, 6.07) is 8.66. The van der Waals surface area contributed by atoms with Crippen molar-refractivity contribution in [3.63, 3.8) is 0 Å². The molecule has 0 fully saturated rings. The molecule has 0 aliphatic carbocycles. The molecule has 0 aliphatic heterocycles. The molecule has 3 N–H and O–H groups in total. The van der Waals surface area contributed by atoms with E-state index in [0.29, 0.717) is 16.3 Å². The summed E-state index contributed by atoms with van der Waals surface area (Å²) in [6.45, 7) is 1.95. The van der Waals surface area contributed by atoms with Crippen LogP contribution in [0.3, 0.4) is 0 Å². The number of carbonyl (C=O) groups excluding carboxylic acids is 1. The van der Waals surface area contributed by atoms with Crippen LogP contribution in [0.2, 0.25) is 5.02 Å². The Hall–Kier alpha value is -1.94. The van der Waals surface area contributed by atoms with E-state index in [2.05, 4.69) is 5.32 Å². The Bertz CT molecular complexity index is 582. The molecule has 1 atom stereocenters. The van der Waals surface area contributed by atoms with E-state index in [-0.39, 0.29) is 11.9 Å². The van der Waals surface area contributed by atoms with Crippen LogP contribution in [-0.2, 0) is 6.42 Å². The first-order valence-corrected chi connectivity index (χ1v) is 6.82. The minimum Gasteiger partial charge on any atom is -0.469 e. The van der Waals surface area contributed by atoms with Crippen LogP contribution in [0.4, 0.5) is 5.69 Å². The molecular weight excluding hydrogens is 276 g/mol. The smallest absolute Gasteiger partial charge is 0.253 e. The maximum Gasteiger partial charge on any atom is 0.253 e. The van der Waals surface area contributed by atoms with Crippen LogP contribution < -0.4 is 11.1 Å². The van der Waals surface area contributed by atoms with Crippen LogP contribution in [0.25, 0.3) is 0 Å². The molecule has 2 rings (SSSR count). The summed E-state index contributed by atoms with van der Waals surface area (Å²) in [6.07, 6.45) is 3.21. The second-order valence-corrected chi connectivity index (χ2v) is 5.14. The molecule has 20 heavy (non-hydrogen) atoms. The van der Waals surface area contributed by atoms with Crippen molar-refractivity contribution in [2.75, 3.05) is 5.73 Å². The number of nitrogens with two attached hydrogens (primary N) is 1. The molecule has 4 nitrogen and oxygen atoms in total. The largest absolute Gasteiger partial charge is 0.469 e. The molecule has 0 saturated heterocycles. The highest BCUT2D eigenvalue weighted by molar-refractivity contribution is 6.34. The summed E-state index contributed by atoms with van der Waals surface area (Å²) in [5, 5.41) is 3.30. The first kappa shape index (κ1) is 14.5. The van der Waals surface area contributed by atoms with Gasteiger partial charge in [-0.1, -0.05) is 11.6 Å². The quantitative estimate of drug-likeness (QED) is 0.831. The van der Waals surface area contributed by atoms with Gasteiger partial charge in [0.1, 0.15) is 5.76 Å². The molecule has 2 aromatic rings. The highest BCUT2D eigenvalue weighted by Gasteiger charge is 2.13. The fourth-order valence-electron chi connectivity index (χ4n) is 1.90. The van der Waals surface area contributed by atoms with Gasteiger partial charge in [-0.05, 0) is 43.7 Å². The molecule has 0 radical (unpaired) electrons. The van der Waals surface area contributed by atoms with Gasteiger partial charge in [-0.25, -0.2) is 0 Å². The fourth-order valence-corrected chi connectivity index (χ4v) is 2.11. The standard InChI is InChI=1S/C15H17ClN2O2/c1-10(4-6-12-3-2-8-20-12)18-15(19)13-9-11(17)5-7-14(13)16/h2-3,5,7-10H,4,6,17H2,1H3,(H,18,19). The van der Waals surface area contributed by atoms with Gasteiger partial charge in [0.2, 0.25) is 0 Å². The lowest BCUT2D eigenvalue weighted by atomic mass is 10.1. The Morgan fingerprint density at radius 1 is 1.45 bits per heavy atom. The van der Waals surface area contributed by atoms with Gasteiger partial charge in [-0.15, -0.1) is 0 Å². The first-order chi connectivity index (χ1) is 9.56. The number of hydrogen-bond acceptors (Lipinski definition) is 3. The number of nitrogen functional groups attached to an aromatic ring is 1. The van der Waals surface area contributed by atoms with Gasteiger partial charge in [0.15, 0.2) is 0 Å². The van der Waals surface area contributed by atoms with Crippen LogP contribution in [0.1, 0.15) is 29.5 Å². The Morgan fingerprint density at radius 2 is 2.25 bits per heavy atom. The molecule has 0 aliphatic rings. The summed E-state index contributed by atoms with van der Waals surface area (Å²) < 4.78 is 5.26. The Morgan fingerprint density at radius 3 is 2.95 bits per heavy atom. The number of hydrogen-bond donors (Lipinski definition) is 2. The van der Waals surface area contributed by atoms with Crippen molar-refractivity contribution in [1.29, 1.82) is 0 Å². The van der Waals surface area contributed by atoms with E-state index >= 15 is 0 Å². The number of carbonyl (C=O) groups is 1. The minimum absolute atomic E-state index is 0.0186. The number of rotatable bonds is 5. The summed E-state index contributed by atoms with van der Waals surface area (Å²) >= 11 is 6.00. The molecule has 1 aromatic carbocycles. The van der Waals surface area contributed by atoms with Crippen molar-refractivity contribution in [2.24, 2.45) is 0 Å². The third-order valence-electron chi connectivity index (χ3n) is 3.02. The maximum absolute atomic E-state index is 12.1. The zero-order chi connectivity index (χ0) is 14.5. The van der Waals surface area contributed by atoms with E-state index < -0.39 is 0 Å². The van der Waals surface area contributed by atoms with Gasteiger partial charge in [-0.2, -0.15) is 0 Å². The van der Waals surface area contributed by atoms with Crippen molar-refractivity contribution in [3.05, 3.63) is 52.9 Å². The number of anilines is 1. The topological polar surface area (TPSA) is 68.3 Å². The van der Waals surface area contributed by atoms with Crippen LogP contribution in [0.15, 0.2) is 41.0 Å². The number of aryl methyl sites for hydroxylation is 1. The zero-order valence-electron chi connectivity index (χ0n) is 11.2. The van der Waals surface area contributed by atoms with Crippen molar-refractivity contribution in [3.8, 4) is 0 Å². The first-order valence-electron chi connectivity index (χ1n) is 6.44. The summed E-state index contributed by atoms with van der Waals surface area (Å²) in [5.41, 5.74) is 6.58. The Balaban J connectivity index is 1.91. The molecule has 106 valence electrons. The lowest BCUT2D eigenvalue weighted by Gasteiger charge is -2.14. The number of benzene rings is 1. The van der Waals surface area contributed by atoms with E-state index in [0.717, 1.165) is 18.6 Å². The average molecular weight is 293 g/mol. The van der Waals surface area contributed by atoms with Crippen LogP contribution in [-0.4, -0.2) is 11.9 Å². The molecule has 1 amide bonds. The molecule has 1 aromatic heterocycles. The number of nitrogens with one attached hydrogen (secondary N) is 1. The molecule has 0 saturated carbocycles. The number of amides is 1. The lowest BCUT2D eigenvalue weighted by Crippen LogP contribution is -2.33. The molecule has 0 spiro atoms. The van der Waals surface area contributed by atoms with E-state index in [1.54, 1.807) is 24.5 Å². The van der Waals surface area contributed by atoms with Gasteiger partial charge in [0.25, 0.3) is 5.91 Å². The van der Waals surface area contributed by atoms with Crippen LogP contribution in [0, 0.1) is 0 Å². The number of furan rings is 1. The fraction of sp³-hybridized carbons (Fsp3) is 0.267. The van der Waals surface area contributed by atoms with Crippen LogP contribution in [0.5, 0.6) is 0 Å². The molecule has 1 heterocycles. The molecule has 5 heteroatoms. The van der Waals surface area contributed by atoms with Gasteiger partial charge in [-0.3, -0.25) is 4.79 Å². The Labute approximate surface area is 122 Å². The predicted octanol–water partition coefficient (Wildman–Crippen LogP) is 3.27. The van der Waals surface area contributed by atoms with Gasteiger partial charge in [0, 0.05) is 18.2 Å². The second kappa shape index (κ2) is 6.48. The van der Waals surface area contributed by atoms with E-state index in [4.69, 9.17) is 21.8 Å². The van der Waals surface area contributed by atoms with E-state index in [1.165, 1.54) is 0 Å². The maximum atomic E-state index is 12.1. The third-order valence-corrected chi connectivity index (χ3v) is 3.35. The summed E-state index contributed by atoms with van der Waals surface area (Å²) in [5.74, 6) is 0.697. The SMILES string of the molecule is CC(CCc1ccco1)NC(=O)c1cc(N)ccc1Cl. The summed E-state index contributed by atoms with van der Waals surface area (Å²) in [7, 11) is 0. The third kappa shape index (κ3) is 3.78. The second-order valence-electron chi connectivity index (χ2n) is 4.73. The highest BCUT2D eigenvalue weighted by Crippen LogP contribution is 2.19. The van der Waals surface area contributed by atoms with Crippen molar-refractivity contribution in [1.82, 2.24) is 5.32 Å². The van der Waals surface area contributed by atoms with E-state index in [1.807, 2.05) is 19.1 Å². The monoisotopic (exact) mass is 292 g/mol. The van der Waals surface area contributed by atoms with Crippen LogP contribution >= 0.6 is 11.6 Å². The predicted molar refractivity (Wildman–Crippen MR) is 79.8 cm³/mol.